The number of rotatable bonds is 3. The molecule has 3 atom stereocenters. The van der Waals surface area contributed by atoms with E-state index >= 15 is 0 Å². The second-order valence-corrected chi connectivity index (χ2v) is 8.23. The van der Waals surface area contributed by atoms with Crippen LogP contribution in [0.25, 0.3) is 0 Å². The first kappa shape index (κ1) is 22.3. The van der Waals surface area contributed by atoms with Crippen LogP contribution in [0.1, 0.15) is 51.4 Å². The molecular weight excluding hydrogens is 393 g/mol. The molecule has 1 N–H and O–H groups in total. The quantitative estimate of drug-likeness (QED) is 0.753. The van der Waals surface area contributed by atoms with E-state index in [1.165, 1.54) is 32.2 Å². The number of ether oxygens (including phenoxy) is 1. The molecule has 1 aliphatic carbocycles. The zero-order chi connectivity index (χ0) is 21.0. The molecule has 0 spiro atoms. The molecule has 10 heteroatoms. The molecule has 0 unspecified atom stereocenters. The molecular formula is C19H29F3N2O5. The van der Waals surface area contributed by atoms with Gasteiger partial charge >= 0.3 is 12.1 Å². The van der Waals surface area contributed by atoms with Crippen LogP contribution >= 0.6 is 0 Å². The summed E-state index contributed by atoms with van der Waals surface area (Å²) in [5, 5.41) is 8.69. The lowest BCUT2D eigenvalue weighted by Crippen LogP contribution is -2.38. The van der Waals surface area contributed by atoms with Crippen LogP contribution < -0.4 is 0 Å². The first-order valence-corrected chi connectivity index (χ1v) is 10.4. The fourth-order valence-electron chi connectivity index (χ4n) is 4.68. The molecule has 0 bridgehead atoms. The zero-order valence-electron chi connectivity index (χ0n) is 16.4. The Morgan fingerprint density at radius 3 is 2.31 bits per heavy atom. The molecule has 0 radical (unpaired) electrons. The Morgan fingerprint density at radius 1 is 1.07 bits per heavy atom. The number of likely N-dealkylation sites (tertiary alicyclic amines) is 1. The van der Waals surface area contributed by atoms with Crippen LogP contribution in [0.3, 0.4) is 0 Å². The fourth-order valence-corrected chi connectivity index (χ4v) is 4.68. The number of hydrogen-bond donors (Lipinski definition) is 1. The van der Waals surface area contributed by atoms with E-state index in [1.54, 1.807) is 5.06 Å². The highest BCUT2D eigenvalue weighted by Crippen LogP contribution is 2.37. The highest BCUT2D eigenvalue weighted by atomic mass is 19.4. The van der Waals surface area contributed by atoms with Crippen molar-refractivity contribution in [1.82, 2.24) is 9.96 Å². The van der Waals surface area contributed by atoms with Gasteiger partial charge < -0.3 is 9.84 Å². The Kier molecular flexibility index (Phi) is 7.39. The van der Waals surface area contributed by atoms with Gasteiger partial charge in [0, 0.05) is 31.6 Å². The van der Waals surface area contributed by atoms with Crippen LogP contribution in [0.15, 0.2) is 0 Å². The number of nitrogens with zero attached hydrogens (tertiary/aromatic N) is 2. The first-order valence-electron chi connectivity index (χ1n) is 10.4. The number of carboxylic acid groups (broad SMARTS) is 1. The molecule has 4 rings (SSSR count). The Morgan fingerprint density at radius 2 is 1.76 bits per heavy atom. The van der Waals surface area contributed by atoms with E-state index in [1.807, 2.05) is 0 Å². The van der Waals surface area contributed by atoms with Gasteiger partial charge in [0.25, 0.3) is 0 Å². The number of hydroxylamine groups is 2. The van der Waals surface area contributed by atoms with Crippen molar-refractivity contribution in [3.05, 3.63) is 0 Å². The minimum Gasteiger partial charge on any atom is -0.475 e. The van der Waals surface area contributed by atoms with E-state index in [4.69, 9.17) is 19.5 Å². The summed E-state index contributed by atoms with van der Waals surface area (Å²) in [6.07, 6.45) is 4.57. The summed E-state index contributed by atoms with van der Waals surface area (Å²) in [6, 6.07) is 0.802. The summed E-state index contributed by atoms with van der Waals surface area (Å²) in [6.45, 7) is 3.69. The molecule has 0 aromatic rings. The normalized spacial score (nSPS) is 30.7. The van der Waals surface area contributed by atoms with Crippen molar-refractivity contribution in [2.45, 2.75) is 75.8 Å². The van der Waals surface area contributed by atoms with E-state index < -0.39 is 12.1 Å². The third-order valence-corrected chi connectivity index (χ3v) is 6.11. The predicted octanol–water partition coefficient (Wildman–Crippen LogP) is 2.60. The Bertz CT molecular complexity index is 563. The number of fused-ring (bicyclic) bond motifs is 1. The number of aliphatic carboxylic acids is 1. The molecule has 4 fully saturated rings. The molecule has 29 heavy (non-hydrogen) atoms. The largest absolute Gasteiger partial charge is 0.490 e. The summed E-state index contributed by atoms with van der Waals surface area (Å²) < 4.78 is 37.9. The van der Waals surface area contributed by atoms with Gasteiger partial charge in [0.1, 0.15) is 0 Å². The molecule has 3 heterocycles. The molecule has 7 nitrogen and oxygen atoms in total. The van der Waals surface area contributed by atoms with Crippen molar-refractivity contribution in [2.24, 2.45) is 5.92 Å². The van der Waals surface area contributed by atoms with Crippen LogP contribution in [0.2, 0.25) is 0 Å². The van der Waals surface area contributed by atoms with Crippen molar-refractivity contribution in [3.63, 3.8) is 0 Å². The summed E-state index contributed by atoms with van der Waals surface area (Å²) in [4.78, 5) is 29.2. The van der Waals surface area contributed by atoms with Crippen LogP contribution in [-0.4, -0.2) is 77.6 Å². The molecule has 3 saturated heterocycles. The van der Waals surface area contributed by atoms with E-state index in [-0.39, 0.29) is 12.0 Å². The van der Waals surface area contributed by atoms with E-state index in [0.717, 1.165) is 38.4 Å². The van der Waals surface area contributed by atoms with Gasteiger partial charge in [0.2, 0.25) is 5.91 Å². The average molecular weight is 422 g/mol. The third-order valence-electron chi connectivity index (χ3n) is 6.11. The average Bonchev–Trinajstić information content (AvgIpc) is 3.38. The number of carbonyl (C=O) groups excluding carboxylic acids is 1. The fraction of sp³-hybridized carbons (Fsp3) is 0.895. The number of carbonyl (C=O) groups is 2. The highest BCUT2D eigenvalue weighted by molar-refractivity contribution is 5.75. The van der Waals surface area contributed by atoms with Crippen LogP contribution in [0.4, 0.5) is 13.2 Å². The maximum Gasteiger partial charge on any atom is 0.490 e. The monoisotopic (exact) mass is 422 g/mol. The summed E-state index contributed by atoms with van der Waals surface area (Å²) >= 11 is 0. The van der Waals surface area contributed by atoms with Crippen LogP contribution in [0.5, 0.6) is 0 Å². The molecule has 4 aliphatic rings. The molecule has 1 amide bonds. The van der Waals surface area contributed by atoms with E-state index in [0.29, 0.717) is 25.0 Å². The van der Waals surface area contributed by atoms with Gasteiger partial charge in [-0.2, -0.15) is 13.2 Å². The number of alkyl halides is 3. The third kappa shape index (κ3) is 6.05. The van der Waals surface area contributed by atoms with Gasteiger partial charge in [-0.1, -0.05) is 12.8 Å². The second kappa shape index (κ2) is 9.61. The Labute approximate surface area is 168 Å². The smallest absolute Gasteiger partial charge is 0.475 e. The molecule has 0 aromatic heterocycles. The number of hydrogen-bond acceptors (Lipinski definition) is 5. The predicted molar refractivity (Wildman–Crippen MR) is 95.8 cm³/mol. The Balaban J connectivity index is 0.000000298. The van der Waals surface area contributed by atoms with Crippen molar-refractivity contribution in [3.8, 4) is 0 Å². The maximum absolute atomic E-state index is 12.3. The van der Waals surface area contributed by atoms with Crippen molar-refractivity contribution in [2.75, 3.05) is 26.2 Å². The minimum absolute atomic E-state index is 0.109. The SMILES string of the molecule is O=C(C[C@@H]1C[C@H]2CN(C3CCCC3)C[C@H]2O1)N1CCCCO1.O=C(O)C(F)(F)F. The highest BCUT2D eigenvalue weighted by Gasteiger charge is 2.44. The van der Waals surface area contributed by atoms with Gasteiger partial charge in [0.05, 0.1) is 25.2 Å². The van der Waals surface area contributed by atoms with Crippen molar-refractivity contribution in [1.29, 1.82) is 0 Å². The number of halogens is 3. The van der Waals surface area contributed by atoms with Gasteiger partial charge in [-0.3, -0.25) is 14.5 Å². The minimum atomic E-state index is -5.08. The van der Waals surface area contributed by atoms with E-state index in [9.17, 15) is 18.0 Å². The number of carboxylic acids is 1. The van der Waals surface area contributed by atoms with Gasteiger partial charge in [-0.15, -0.1) is 0 Å². The van der Waals surface area contributed by atoms with Crippen molar-refractivity contribution < 1.29 is 37.4 Å². The van der Waals surface area contributed by atoms with Crippen LogP contribution in [0, 0.1) is 5.92 Å². The lowest BCUT2D eigenvalue weighted by atomic mass is 10.0. The Hall–Kier alpha value is -1.39. The molecule has 1 saturated carbocycles. The lowest BCUT2D eigenvalue weighted by molar-refractivity contribution is -0.199. The first-order chi connectivity index (χ1) is 13.7. The van der Waals surface area contributed by atoms with Gasteiger partial charge in [-0.25, -0.2) is 9.86 Å². The second-order valence-electron chi connectivity index (χ2n) is 8.23. The van der Waals surface area contributed by atoms with Gasteiger partial charge in [0.15, 0.2) is 0 Å². The number of amides is 1. The van der Waals surface area contributed by atoms with Gasteiger partial charge in [-0.05, 0) is 32.1 Å². The van der Waals surface area contributed by atoms with Crippen LogP contribution in [-0.2, 0) is 19.2 Å². The van der Waals surface area contributed by atoms with E-state index in [2.05, 4.69) is 4.90 Å². The van der Waals surface area contributed by atoms with Crippen molar-refractivity contribution >= 4 is 11.9 Å². The maximum atomic E-state index is 12.3. The lowest BCUT2D eigenvalue weighted by Gasteiger charge is -2.27. The topological polar surface area (TPSA) is 79.3 Å². The zero-order valence-corrected chi connectivity index (χ0v) is 16.4. The summed E-state index contributed by atoms with van der Waals surface area (Å²) in [5.41, 5.74) is 0. The summed E-state index contributed by atoms with van der Waals surface area (Å²) in [7, 11) is 0. The molecule has 3 aliphatic heterocycles. The molecule has 0 aromatic carbocycles. The standard InChI is InChI=1S/C17H28N2O3.C2HF3O2/c20-17(19-7-3-4-8-21-19)10-15-9-13-11-18(12-16(13)22-15)14-5-1-2-6-14;3-2(4,5)1(6)7/h13-16H,1-12H2;(H,6,7)/t13-,15-,16+;/m0./s1. The molecule has 166 valence electrons. The summed E-state index contributed by atoms with van der Waals surface area (Å²) in [5.74, 6) is -2.01.